The average molecular weight is 339 g/mol. The van der Waals surface area contributed by atoms with Crippen LogP contribution in [0.15, 0.2) is 46.9 Å². The van der Waals surface area contributed by atoms with Crippen molar-refractivity contribution in [1.82, 2.24) is 0 Å². The molecule has 0 bridgehead atoms. The van der Waals surface area contributed by atoms with E-state index in [1.807, 2.05) is 42.5 Å². The first-order valence-corrected chi connectivity index (χ1v) is 7.28. The second kappa shape index (κ2) is 5.16. The van der Waals surface area contributed by atoms with Crippen molar-refractivity contribution in [2.75, 3.05) is 0 Å². The van der Waals surface area contributed by atoms with E-state index in [4.69, 9.17) is 22.1 Å². The second-order valence-corrected chi connectivity index (χ2v) is 6.03. The van der Waals surface area contributed by atoms with Crippen LogP contribution >= 0.6 is 27.5 Å². The first-order chi connectivity index (χ1) is 9.13. The fourth-order valence-corrected chi connectivity index (χ4v) is 2.86. The Balaban J connectivity index is 1.92. The first-order valence-electron chi connectivity index (χ1n) is 6.10. The maximum absolute atomic E-state index is 6.25. The van der Waals surface area contributed by atoms with Gasteiger partial charge in [-0.05, 0) is 35.9 Å². The maximum Gasteiger partial charge on any atom is 0.126 e. The van der Waals surface area contributed by atoms with Gasteiger partial charge in [-0.3, -0.25) is 0 Å². The fourth-order valence-electron chi connectivity index (χ4n) is 2.36. The van der Waals surface area contributed by atoms with E-state index in [1.54, 1.807) is 0 Å². The number of fused-ring (bicyclic) bond motifs is 1. The van der Waals surface area contributed by atoms with Gasteiger partial charge in [-0.1, -0.05) is 39.7 Å². The molecule has 98 valence electrons. The van der Waals surface area contributed by atoms with Crippen molar-refractivity contribution in [2.24, 2.45) is 5.73 Å². The normalized spacial score (nSPS) is 21.6. The predicted octanol–water partition coefficient (Wildman–Crippen LogP) is 4.63. The monoisotopic (exact) mass is 337 g/mol. The van der Waals surface area contributed by atoms with Crippen LogP contribution in [0.3, 0.4) is 0 Å². The topological polar surface area (TPSA) is 35.2 Å². The molecule has 0 saturated heterocycles. The van der Waals surface area contributed by atoms with Gasteiger partial charge < -0.3 is 10.5 Å². The van der Waals surface area contributed by atoms with Crippen molar-refractivity contribution in [3.05, 3.63) is 63.1 Å². The van der Waals surface area contributed by atoms with Crippen molar-refractivity contribution < 1.29 is 4.74 Å². The van der Waals surface area contributed by atoms with E-state index < -0.39 is 0 Å². The molecule has 0 aliphatic carbocycles. The van der Waals surface area contributed by atoms with Crippen molar-refractivity contribution in [3.63, 3.8) is 0 Å². The molecule has 0 amide bonds. The molecule has 0 spiro atoms. The molecule has 0 fully saturated rings. The Labute approximate surface area is 125 Å². The molecule has 0 radical (unpaired) electrons. The van der Waals surface area contributed by atoms with Crippen LogP contribution in [0.4, 0.5) is 0 Å². The summed E-state index contributed by atoms with van der Waals surface area (Å²) in [4.78, 5) is 0. The molecule has 2 N–H and O–H groups in total. The van der Waals surface area contributed by atoms with Crippen LogP contribution in [0.5, 0.6) is 5.75 Å². The Hall–Kier alpha value is -1.03. The average Bonchev–Trinajstić information content (AvgIpc) is 2.40. The smallest absolute Gasteiger partial charge is 0.126 e. The summed E-state index contributed by atoms with van der Waals surface area (Å²) in [5.41, 5.74) is 8.41. The molecule has 19 heavy (non-hydrogen) atoms. The van der Waals surface area contributed by atoms with Crippen LogP contribution in [0.25, 0.3) is 0 Å². The predicted molar refractivity (Wildman–Crippen MR) is 80.5 cm³/mol. The van der Waals surface area contributed by atoms with E-state index >= 15 is 0 Å². The van der Waals surface area contributed by atoms with Gasteiger partial charge in [-0.2, -0.15) is 0 Å². The van der Waals surface area contributed by atoms with Crippen LogP contribution in [-0.4, -0.2) is 0 Å². The maximum atomic E-state index is 6.25. The van der Waals surface area contributed by atoms with Gasteiger partial charge in [-0.15, -0.1) is 0 Å². The van der Waals surface area contributed by atoms with Crippen molar-refractivity contribution >= 4 is 27.5 Å². The number of hydrogen-bond donors (Lipinski definition) is 1. The van der Waals surface area contributed by atoms with Gasteiger partial charge in [-0.25, -0.2) is 0 Å². The van der Waals surface area contributed by atoms with E-state index in [0.29, 0.717) is 0 Å². The van der Waals surface area contributed by atoms with Crippen LogP contribution in [0.2, 0.25) is 5.02 Å². The number of ether oxygens (including phenoxy) is 1. The third kappa shape index (κ3) is 2.64. The summed E-state index contributed by atoms with van der Waals surface area (Å²) in [6.45, 7) is 0. The van der Waals surface area contributed by atoms with Crippen LogP contribution in [0, 0.1) is 0 Å². The Morgan fingerprint density at radius 3 is 2.63 bits per heavy atom. The fraction of sp³-hybridized carbons (Fsp3) is 0.200. The first kappa shape index (κ1) is 13.0. The molecule has 1 aliphatic rings. The molecule has 2 nitrogen and oxygen atoms in total. The second-order valence-electron chi connectivity index (χ2n) is 4.68. The molecule has 2 atom stereocenters. The number of hydrogen-bond acceptors (Lipinski definition) is 2. The summed E-state index contributed by atoms with van der Waals surface area (Å²) in [6, 6.07) is 13.7. The van der Waals surface area contributed by atoms with E-state index in [0.717, 1.165) is 32.8 Å². The number of rotatable bonds is 1. The standard InChI is InChI=1S/C15H13BrClNO/c16-10-3-6-14-12(7-10)13(18)8-15(19-14)9-1-4-11(17)5-2-9/h1-7,13,15H,8,18H2/t13-,15?/m0/s1. The van der Waals surface area contributed by atoms with Crippen LogP contribution in [-0.2, 0) is 0 Å². The molecule has 1 aliphatic heterocycles. The van der Waals surface area contributed by atoms with Crippen LogP contribution in [0.1, 0.15) is 29.7 Å². The summed E-state index contributed by atoms with van der Waals surface area (Å²) in [5.74, 6) is 0.863. The number of nitrogens with two attached hydrogens (primary N) is 1. The molecule has 3 rings (SSSR count). The lowest BCUT2D eigenvalue weighted by Gasteiger charge is -2.30. The largest absolute Gasteiger partial charge is 0.485 e. The van der Waals surface area contributed by atoms with Gasteiger partial charge in [0.25, 0.3) is 0 Å². The molecular weight excluding hydrogens is 326 g/mol. The van der Waals surface area contributed by atoms with E-state index in [-0.39, 0.29) is 12.1 Å². The zero-order valence-electron chi connectivity index (χ0n) is 10.1. The molecule has 2 aromatic rings. The summed E-state index contributed by atoms with van der Waals surface area (Å²) in [5, 5.41) is 0.730. The summed E-state index contributed by atoms with van der Waals surface area (Å²) in [7, 11) is 0. The summed E-state index contributed by atoms with van der Waals surface area (Å²) < 4.78 is 7.06. The minimum absolute atomic E-state index is 0.0121. The van der Waals surface area contributed by atoms with Crippen LogP contribution < -0.4 is 10.5 Å². The van der Waals surface area contributed by atoms with Gasteiger partial charge >= 0.3 is 0 Å². The minimum Gasteiger partial charge on any atom is -0.485 e. The van der Waals surface area contributed by atoms with Crippen molar-refractivity contribution in [1.29, 1.82) is 0 Å². The summed E-state index contributed by atoms with van der Waals surface area (Å²) in [6.07, 6.45) is 0.756. The minimum atomic E-state index is -0.0130. The van der Waals surface area contributed by atoms with E-state index in [2.05, 4.69) is 15.9 Å². The zero-order chi connectivity index (χ0) is 13.4. The molecule has 1 unspecified atom stereocenters. The lowest BCUT2D eigenvalue weighted by atomic mass is 9.94. The molecule has 1 heterocycles. The molecule has 4 heteroatoms. The van der Waals surface area contributed by atoms with Gasteiger partial charge in [0.2, 0.25) is 0 Å². The van der Waals surface area contributed by atoms with Crippen molar-refractivity contribution in [2.45, 2.75) is 18.6 Å². The number of halogens is 2. The quantitative estimate of drug-likeness (QED) is 0.823. The Bertz CT molecular complexity index is 600. The lowest BCUT2D eigenvalue weighted by molar-refractivity contribution is 0.161. The third-order valence-corrected chi connectivity index (χ3v) is 4.10. The highest BCUT2D eigenvalue weighted by Crippen LogP contribution is 2.40. The van der Waals surface area contributed by atoms with E-state index in [1.165, 1.54) is 0 Å². The van der Waals surface area contributed by atoms with Crippen molar-refractivity contribution in [3.8, 4) is 5.75 Å². The molecule has 0 aromatic heterocycles. The molecule has 0 saturated carbocycles. The number of benzene rings is 2. The Kier molecular flexibility index (Phi) is 3.52. The SMILES string of the molecule is N[C@H]1CC(c2ccc(Cl)cc2)Oc2ccc(Br)cc21. The Morgan fingerprint density at radius 1 is 1.16 bits per heavy atom. The molecule has 2 aromatic carbocycles. The highest BCUT2D eigenvalue weighted by Gasteiger charge is 2.27. The molecular formula is C15H13BrClNO. The van der Waals surface area contributed by atoms with Gasteiger partial charge in [0.15, 0.2) is 0 Å². The highest BCUT2D eigenvalue weighted by atomic mass is 79.9. The van der Waals surface area contributed by atoms with Gasteiger partial charge in [0.1, 0.15) is 11.9 Å². The van der Waals surface area contributed by atoms with Gasteiger partial charge in [0, 0.05) is 27.5 Å². The van der Waals surface area contributed by atoms with E-state index in [9.17, 15) is 0 Å². The summed E-state index contributed by atoms with van der Waals surface area (Å²) >= 11 is 9.37. The lowest BCUT2D eigenvalue weighted by Crippen LogP contribution is -2.24. The Morgan fingerprint density at radius 2 is 1.89 bits per heavy atom. The third-order valence-electron chi connectivity index (χ3n) is 3.35. The zero-order valence-corrected chi connectivity index (χ0v) is 12.5. The van der Waals surface area contributed by atoms with Gasteiger partial charge in [0.05, 0.1) is 0 Å². The highest BCUT2D eigenvalue weighted by molar-refractivity contribution is 9.10.